The normalized spacial score (nSPS) is 14.4. The fourth-order valence-corrected chi connectivity index (χ4v) is 2.36. The molecule has 0 saturated heterocycles. The van der Waals surface area contributed by atoms with Gasteiger partial charge in [-0.05, 0) is 25.0 Å². The van der Waals surface area contributed by atoms with Gasteiger partial charge in [-0.25, -0.2) is 0 Å². The van der Waals surface area contributed by atoms with Crippen LogP contribution in [-0.2, 0) is 4.79 Å². The molecule has 1 fully saturated rings. The van der Waals surface area contributed by atoms with E-state index in [-0.39, 0.29) is 11.8 Å². The van der Waals surface area contributed by atoms with Crippen molar-refractivity contribution >= 4 is 28.1 Å². The van der Waals surface area contributed by atoms with Gasteiger partial charge in [0.2, 0.25) is 11.0 Å². The highest BCUT2D eigenvalue weighted by molar-refractivity contribution is 7.18. The van der Waals surface area contributed by atoms with E-state index in [4.69, 9.17) is 5.73 Å². The highest BCUT2D eigenvalue weighted by Gasteiger charge is 2.30. The lowest BCUT2D eigenvalue weighted by atomic mass is 10.2. The number of hydrogen-bond acceptors (Lipinski definition) is 5. The van der Waals surface area contributed by atoms with Crippen molar-refractivity contribution in [3.63, 3.8) is 0 Å². The zero-order valence-electron chi connectivity index (χ0n) is 9.59. The molecule has 0 atom stereocenters. The number of nitrogens with two attached hydrogens (primary N) is 1. The van der Waals surface area contributed by atoms with Crippen LogP contribution in [0.1, 0.15) is 12.8 Å². The Labute approximate surface area is 108 Å². The third kappa shape index (κ3) is 2.33. The molecule has 18 heavy (non-hydrogen) atoms. The number of benzene rings is 1. The van der Waals surface area contributed by atoms with E-state index in [2.05, 4.69) is 15.5 Å². The quantitative estimate of drug-likeness (QED) is 0.828. The van der Waals surface area contributed by atoms with Crippen molar-refractivity contribution in [1.29, 1.82) is 0 Å². The first-order chi connectivity index (χ1) is 8.72. The fraction of sp³-hybridized carbons (Fsp3) is 0.250. The monoisotopic (exact) mass is 260 g/mol. The lowest BCUT2D eigenvalue weighted by molar-refractivity contribution is -0.117. The average Bonchev–Trinajstić information content (AvgIpc) is 3.10. The molecule has 5 nitrogen and oxygen atoms in total. The van der Waals surface area contributed by atoms with E-state index in [0.717, 1.165) is 23.4 Å². The SMILES string of the molecule is Nc1cccc(-c2nnc(NC(=O)C3CC3)s2)c1. The summed E-state index contributed by atoms with van der Waals surface area (Å²) >= 11 is 1.36. The van der Waals surface area contributed by atoms with Gasteiger partial charge < -0.3 is 11.1 Å². The summed E-state index contributed by atoms with van der Waals surface area (Å²) < 4.78 is 0. The molecule has 6 heteroatoms. The first-order valence-corrected chi connectivity index (χ1v) is 6.54. The Hall–Kier alpha value is -1.95. The molecule has 0 bridgehead atoms. The Balaban J connectivity index is 1.78. The van der Waals surface area contributed by atoms with Gasteiger partial charge in [-0.2, -0.15) is 0 Å². The minimum Gasteiger partial charge on any atom is -0.399 e. The predicted molar refractivity (Wildman–Crippen MR) is 71.1 cm³/mol. The molecule has 1 aromatic carbocycles. The highest BCUT2D eigenvalue weighted by atomic mass is 32.1. The molecule has 0 aliphatic heterocycles. The molecule has 1 amide bonds. The number of anilines is 2. The summed E-state index contributed by atoms with van der Waals surface area (Å²) in [6.07, 6.45) is 1.96. The molecule has 0 spiro atoms. The van der Waals surface area contributed by atoms with E-state index in [9.17, 15) is 4.79 Å². The molecular formula is C12H12N4OS. The van der Waals surface area contributed by atoms with Gasteiger partial charge in [-0.1, -0.05) is 23.5 Å². The predicted octanol–water partition coefficient (Wildman–Crippen LogP) is 2.14. The lowest BCUT2D eigenvalue weighted by Gasteiger charge is -1.97. The maximum Gasteiger partial charge on any atom is 0.229 e. The van der Waals surface area contributed by atoms with Crippen LogP contribution in [0, 0.1) is 5.92 Å². The largest absolute Gasteiger partial charge is 0.399 e. The molecule has 1 saturated carbocycles. The molecule has 0 unspecified atom stereocenters. The summed E-state index contributed by atoms with van der Waals surface area (Å²) in [6, 6.07) is 7.45. The molecular weight excluding hydrogens is 248 g/mol. The number of carbonyl (C=O) groups excluding carboxylic acids is 1. The van der Waals surface area contributed by atoms with Crippen molar-refractivity contribution in [2.45, 2.75) is 12.8 Å². The van der Waals surface area contributed by atoms with Gasteiger partial charge >= 0.3 is 0 Å². The number of carbonyl (C=O) groups is 1. The number of rotatable bonds is 3. The standard InChI is InChI=1S/C12H12N4OS/c13-9-3-1-2-8(6-9)11-15-16-12(18-11)14-10(17)7-4-5-7/h1-3,6-7H,4-5,13H2,(H,14,16,17). The topological polar surface area (TPSA) is 80.9 Å². The van der Waals surface area contributed by atoms with Crippen LogP contribution in [0.25, 0.3) is 10.6 Å². The molecule has 1 aliphatic rings. The maximum absolute atomic E-state index is 11.6. The Morgan fingerprint density at radius 2 is 2.22 bits per heavy atom. The van der Waals surface area contributed by atoms with Gasteiger partial charge in [0.25, 0.3) is 0 Å². The van der Waals surface area contributed by atoms with E-state index in [0.29, 0.717) is 10.8 Å². The maximum atomic E-state index is 11.6. The molecule has 1 aromatic heterocycles. The Bertz CT molecular complexity index is 591. The molecule has 0 radical (unpaired) electrons. The van der Waals surface area contributed by atoms with E-state index in [1.54, 1.807) is 0 Å². The smallest absolute Gasteiger partial charge is 0.229 e. The van der Waals surface area contributed by atoms with Gasteiger partial charge in [-0.3, -0.25) is 4.79 Å². The van der Waals surface area contributed by atoms with Gasteiger partial charge in [0.15, 0.2) is 0 Å². The summed E-state index contributed by atoms with van der Waals surface area (Å²) in [4.78, 5) is 11.6. The van der Waals surface area contributed by atoms with Crippen molar-refractivity contribution < 1.29 is 4.79 Å². The Morgan fingerprint density at radius 1 is 1.39 bits per heavy atom. The molecule has 1 heterocycles. The van der Waals surface area contributed by atoms with Crippen LogP contribution in [-0.4, -0.2) is 16.1 Å². The summed E-state index contributed by atoms with van der Waals surface area (Å²) in [7, 11) is 0. The minimum absolute atomic E-state index is 0.0466. The number of nitrogens with one attached hydrogen (secondary N) is 1. The molecule has 3 N–H and O–H groups in total. The molecule has 3 rings (SSSR count). The third-order valence-corrected chi connectivity index (χ3v) is 3.62. The Kier molecular flexibility index (Phi) is 2.71. The molecule has 2 aromatic rings. The second-order valence-corrected chi connectivity index (χ2v) is 5.28. The first kappa shape index (κ1) is 11.2. The zero-order chi connectivity index (χ0) is 12.5. The van der Waals surface area contributed by atoms with Crippen LogP contribution >= 0.6 is 11.3 Å². The van der Waals surface area contributed by atoms with Crippen molar-refractivity contribution in [3.8, 4) is 10.6 Å². The summed E-state index contributed by atoms with van der Waals surface area (Å²) in [5.41, 5.74) is 7.32. The van der Waals surface area contributed by atoms with Crippen LogP contribution < -0.4 is 11.1 Å². The number of aromatic nitrogens is 2. The highest BCUT2D eigenvalue weighted by Crippen LogP contribution is 2.32. The fourth-order valence-electron chi connectivity index (χ4n) is 1.62. The second-order valence-electron chi connectivity index (χ2n) is 4.30. The van der Waals surface area contributed by atoms with Crippen LogP contribution in [0.3, 0.4) is 0 Å². The Morgan fingerprint density at radius 3 is 2.94 bits per heavy atom. The van der Waals surface area contributed by atoms with Crippen LogP contribution in [0.15, 0.2) is 24.3 Å². The van der Waals surface area contributed by atoms with Gasteiger partial charge in [0.05, 0.1) is 0 Å². The molecule has 1 aliphatic carbocycles. The van der Waals surface area contributed by atoms with E-state index < -0.39 is 0 Å². The van der Waals surface area contributed by atoms with Gasteiger partial charge in [-0.15, -0.1) is 10.2 Å². The van der Waals surface area contributed by atoms with Crippen molar-refractivity contribution in [3.05, 3.63) is 24.3 Å². The number of nitrogens with zero attached hydrogens (tertiary/aromatic N) is 2. The van der Waals surface area contributed by atoms with Crippen molar-refractivity contribution in [2.75, 3.05) is 11.1 Å². The van der Waals surface area contributed by atoms with E-state index in [1.807, 2.05) is 24.3 Å². The summed E-state index contributed by atoms with van der Waals surface area (Å²) in [5, 5.41) is 12.1. The number of hydrogen-bond donors (Lipinski definition) is 2. The van der Waals surface area contributed by atoms with Crippen molar-refractivity contribution in [1.82, 2.24) is 10.2 Å². The van der Waals surface area contributed by atoms with Crippen molar-refractivity contribution in [2.24, 2.45) is 5.92 Å². The minimum atomic E-state index is 0.0466. The zero-order valence-corrected chi connectivity index (χ0v) is 10.4. The van der Waals surface area contributed by atoms with Gasteiger partial charge in [0, 0.05) is 17.2 Å². The van der Waals surface area contributed by atoms with Gasteiger partial charge in [0.1, 0.15) is 5.01 Å². The second kappa shape index (κ2) is 4.38. The summed E-state index contributed by atoms with van der Waals surface area (Å²) in [6.45, 7) is 0. The van der Waals surface area contributed by atoms with E-state index >= 15 is 0 Å². The number of amides is 1. The van der Waals surface area contributed by atoms with Crippen LogP contribution in [0.2, 0.25) is 0 Å². The van der Waals surface area contributed by atoms with Crippen LogP contribution in [0.5, 0.6) is 0 Å². The van der Waals surface area contributed by atoms with E-state index in [1.165, 1.54) is 11.3 Å². The average molecular weight is 260 g/mol. The van der Waals surface area contributed by atoms with Crippen LogP contribution in [0.4, 0.5) is 10.8 Å². The lowest BCUT2D eigenvalue weighted by Crippen LogP contribution is -2.12. The first-order valence-electron chi connectivity index (χ1n) is 5.72. The number of nitrogen functional groups attached to an aromatic ring is 1. The summed E-state index contributed by atoms with van der Waals surface area (Å²) in [5.74, 6) is 0.218. The molecule has 92 valence electrons. The third-order valence-electron chi connectivity index (χ3n) is 2.74.